The molecule has 4 N–H and O–H groups in total. The van der Waals surface area contributed by atoms with Crippen molar-refractivity contribution in [3.63, 3.8) is 0 Å². The van der Waals surface area contributed by atoms with Crippen molar-refractivity contribution in [2.75, 3.05) is 12.4 Å². The van der Waals surface area contributed by atoms with Crippen molar-refractivity contribution in [1.29, 1.82) is 0 Å². The monoisotopic (exact) mass is 279 g/mol. The van der Waals surface area contributed by atoms with E-state index in [0.29, 0.717) is 10.7 Å². The second-order valence-corrected chi connectivity index (χ2v) is 4.18. The molecule has 6 heteroatoms. The van der Waals surface area contributed by atoms with Crippen LogP contribution in [0.5, 0.6) is 0 Å². The van der Waals surface area contributed by atoms with Crippen molar-refractivity contribution in [3.05, 3.63) is 28.8 Å². The van der Waals surface area contributed by atoms with Gasteiger partial charge < -0.3 is 16.4 Å². The summed E-state index contributed by atoms with van der Waals surface area (Å²) in [6, 6.07) is 3.79. The molecule has 100 valence electrons. The second-order valence-electron chi connectivity index (χ2n) is 3.78. The third-order valence-corrected chi connectivity index (χ3v) is 2.71. The number of amides is 2. The Hall–Kier alpha value is -2.03. The normalized spacial score (nSPS) is 11.3. The number of nitrogens with two attached hydrogens (primary N) is 1. The third kappa shape index (κ3) is 3.98. The largest absolute Gasteiger partial charge is 0.355 e. The zero-order valence-corrected chi connectivity index (χ0v) is 11.1. The van der Waals surface area contributed by atoms with Crippen molar-refractivity contribution >= 4 is 29.1 Å². The minimum Gasteiger partial charge on any atom is -0.355 e. The predicted molar refractivity (Wildman–Crippen MR) is 74.9 cm³/mol. The smallest absolute Gasteiger partial charge is 0.252 e. The highest BCUT2D eigenvalue weighted by atomic mass is 35.5. The molecule has 0 aromatic heterocycles. The highest BCUT2D eigenvalue weighted by Crippen LogP contribution is 2.20. The van der Waals surface area contributed by atoms with Gasteiger partial charge in [-0.25, -0.2) is 0 Å². The Morgan fingerprint density at radius 1 is 1.53 bits per heavy atom. The molecule has 0 aliphatic heterocycles. The van der Waals surface area contributed by atoms with E-state index >= 15 is 0 Å². The summed E-state index contributed by atoms with van der Waals surface area (Å²) in [5.41, 5.74) is 6.27. The summed E-state index contributed by atoms with van der Waals surface area (Å²) in [7, 11) is 1.49. The molecule has 0 saturated carbocycles. The topological polar surface area (TPSA) is 84.2 Å². The van der Waals surface area contributed by atoms with E-state index in [0.717, 1.165) is 0 Å². The molecule has 1 aromatic carbocycles. The summed E-state index contributed by atoms with van der Waals surface area (Å²) >= 11 is 5.89. The fraction of sp³-hybridized carbons (Fsp3) is 0.231. The molecule has 1 unspecified atom stereocenters. The summed E-state index contributed by atoms with van der Waals surface area (Å²) in [4.78, 5) is 23.2. The first-order chi connectivity index (χ1) is 8.99. The molecule has 0 saturated heterocycles. The number of benzene rings is 1. The molecule has 0 bridgehead atoms. The van der Waals surface area contributed by atoms with E-state index < -0.39 is 11.9 Å². The van der Waals surface area contributed by atoms with Gasteiger partial charge in [0.25, 0.3) is 5.91 Å². The molecule has 0 heterocycles. The molecule has 0 aliphatic carbocycles. The van der Waals surface area contributed by atoms with Gasteiger partial charge in [0.15, 0.2) is 0 Å². The molecule has 0 spiro atoms. The number of carbonyl (C=O) groups is 2. The molecular weight excluding hydrogens is 266 g/mol. The average molecular weight is 280 g/mol. The average Bonchev–Trinajstić information content (AvgIpc) is 2.40. The van der Waals surface area contributed by atoms with Crippen LogP contribution in [0.4, 0.5) is 5.69 Å². The van der Waals surface area contributed by atoms with E-state index in [4.69, 9.17) is 23.8 Å². The number of nitrogens with one attached hydrogen (secondary N) is 2. The Balaban J connectivity index is 2.89. The van der Waals surface area contributed by atoms with E-state index in [9.17, 15) is 9.59 Å². The number of hydrogen-bond donors (Lipinski definition) is 3. The Morgan fingerprint density at radius 3 is 2.79 bits per heavy atom. The molecular formula is C13H14ClN3O2. The van der Waals surface area contributed by atoms with Crippen molar-refractivity contribution in [1.82, 2.24) is 5.32 Å². The van der Waals surface area contributed by atoms with Crippen LogP contribution in [0.25, 0.3) is 0 Å². The van der Waals surface area contributed by atoms with Crippen molar-refractivity contribution in [2.45, 2.75) is 12.5 Å². The van der Waals surface area contributed by atoms with E-state index in [1.165, 1.54) is 19.2 Å². The lowest BCUT2D eigenvalue weighted by Crippen LogP contribution is -2.35. The van der Waals surface area contributed by atoms with Gasteiger partial charge >= 0.3 is 0 Å². The molecule has 2 amide bonds. The zero-order chi connectivity index (χ0) is 14.4. The van der Waals surface area contributed by atoms with Crippen LogP contribution in [-0.2, 0) is 4.79 Å². The van der Waals surface area contributed by atoms with Crippen LogP contribution in [0, 0.1) is 12.3 Å². The maximum atomic E-state index is 11.7. The molecule has 1 atom stereocenters. The maximum Gasteiger partial charge on any atom is 0.252 e. The molecule has 5 nitrogen and oxygen atoms in total. The first-order valence-corrected chi connectivity index (χ1v) is 5.89. The molecule has 0 aliphatic rings. The molecule has 0 radical (unpaired) electrons. The van der Waals surface area contributed by atoms with Crippen LogP contribution in [0.2, 0.25) is 5.02 Å². The molecule has 1 aromatic rings. The zero-order valence-electron chi connectivity index (χ0n) is 10.4. The summed E-state index contributed by atoms with van der Waals surface area (Å²) in [6.45, 7) is 0. The van der Waals surface area contributed by atoms with E-state index in [1.807, 2.05) is 0 Å². The highest BCUT2D eigenvalue weighted by molar-refractivity contribution is 6.34. The second kappa shape index (κ2) is 6.78. The number of halogens is 1. The number of terminal acetylenes is 1. The predicted octanol–water partition coefficient (Wildman–Crippen LogP) is 0.989. The van der Waals surface area contributed by atoms with Crippen LogP contribution in [0.15, 0.2) is 18.2 Å². The van der Waals surface area contributed by atoms with Gasteiger partial charge in [-0.2, -0.15) is 0 Å². The summed E-state index contributed by atoms with van der Waals surface area (Å²) < 4.78 is 0. The van der Waals surface area contributed by atoms with Crippen LogP contribution >= 0.6 is 11.6 Å². The standard InChI is InChI=1S/C13H14ClN3O2/c1-3-4-11(15)13(19)17-8-5-6-10(14)9(7-8)12(18)16-2/h1,5-7,11H,4,15H2,2H3,(H,16,18)(H,17,19). The maximum absolute atomic E-state index is 11.7. The van der Waals surface area contributed by atoms with E-state index in [-0.39, 0.29) is 17.9 Å². The van der Waals surface area contributed by atoms with Crippen molar-refractivity contribution < 1.29 is 9.59 Å². The molecule has 1 rings (SSSR count). The lowest BCUT2D eigenvalue weighted by Gasteiger charge is -2.11. The highest BCUT2D eigenvalue weighted by Gasteiger charge is 2.14. The van der Waals surface area contributed by atoms with Crippen LogP contribution < -0.4 is 16.4 Å². The van der Waals surface area contributed by atoms with Crippen LogP contribution in [0.3, 0.4) is 0 Å². The van der Waals surface area contributed by atoms with Gasteiger partial charge in [0.2, 0.25) is 5.91 Å². The van der Waals surface area contributed by atoms with Gasteiger partial charge in [-0.05, 0) is 18.2 Å². The fourth-order valence-corrected chi connectivity index (χ4v) is 1.57. The Kier molecular flexibility index (Phi) is 5.37. The summed E-state index contributed by atoms with van der Waals surface area (Å²) in [5, 5.41) is 5.33. The van der Waals surface area contributed by atoms with Crippen LogP contribution in [-0.4, -0.2) is 24.9 Å². The van der Waals surface area contributed by atoms with E-state index in [1.54, 1.807) is 6.07 Å². The number of carbonyl (C=O) groups excluding carboxylic acids is 2. The van der Waals surface area contributed by atoms with Crippen molar-refractivity contribution in [2.24, 2.45) is 5.73 Å². The van der Waals surface area contributed by atoms with Gasteiger partial charge in [-0.3, -0.25) is 9.59 Å². The van der Waals surface area contributed by atoms with Gasteiger partial charge in [0.05, 0.1) is 16.6 Å². The number of anilines is 1. The SMILES string of the molecule is C#CCC(N)C(=O)Nc1ccc(Cl)c(C(=O)NC)c1. The quantitative estimate of drug-likeness (QED) is 0.719. The van der Waals surface area contributed by atoms with Gasteiger partial charge in [-0.15, -0.1) is 12.3 Å². The first kappa shape index (κ1) is 15.0. The van der Waals surface area contributed by atoms with E-state index in [2.05, 4.69) is 16.6 Å². The number of hydrogen-bond acceptors (Lipinski definition) is 3. The fourth-order valence-electron chi connectivity index (χ4n) is 1.37. The van der Waals surface area contributed by atoms with Gasteiger partial charge in [-0.1, -0.05) is 11.6 Å². The Morgan fingerprint density at radius 2 is 2.21 bits per heavy atom. The van der Waals surface area contributed by atoms with Gasteiger partial charge in [0.1, 0.15) is 0 Å². The lowest BCUT2D eigenvalue weighted by molar-refractivity contribution is -0.117. The number of rotatable bonds is 4. The summed E-state index contributed by atoms with van der Waals surface area (Å²) in [6.07, 6.45) is 5.22. The Labute approximate surface area is 116 Å². The third-order valence-electron chi connectivity index (χ3n) is 2.38. The van der Waals surface area contributed by atoms with Crippen molar-refractivity contribution in [3.8, 4) is 12.3 Å². The van der Waals surface area contributed by atoms with Gasteiger partial charge in [0, 0.05) is 19.2 Å². The summed E-state index contributed by atoms with van der Waals surface area (Å²) in [5.74, 6) is 1.56. The lowest BCUT2D eigenvalue weighted by atomic mass is 10.1. The minimum atomic E-state index is -0.788. The Bertz CT molecular complexity index is 537. The minimum absolute atomic E-state index is 0.141. The molecule has 0 fully saturated rings. The van der Waals surface area contributed by atoms with Crippen LogP contribution in [0.1, 0.15) is 16.8 Å². The first-order valence-electron chi connectivity index (χ1n) is 5.51. The molecule has 19 heavy (non-hydrogen) atoms.